The normalized spacial score (nSPS) is 19.5. The number of aliphatic hydroxyl groups is 2. The van der Waals surface area contributed by atoms with E-state index in [4.69, 9.17) is 28.9 Å². The molecule has 8 atom stereocenters. The average Bonchev–Trinajstić information content (AvgIpc) is 3.89. The van der Waals surface area contributed by atoms with Crippen molar-refractivity contribution in [1.29, 1.82) is 0 Å². The van der Waals surface area contributed by atoms with Crippen molar-refractivity contribution in [3.63, 3.8) is 0 Å². The van der Waals surface area contributed by atoms with Crippen LogP contribution in [0.2, 0.25) is 0 Å². The number of carbonyl (C=O) groups excluding carboxylic acids is 3. The van der Waals surface area contributed by atoms with Crippen LogP contribution in [0.1, 0.15) is 90.6 Å². The number of phenols is 2. The van der Waals surface area contributed by atoms with Crippen LogP contribution in [0.15, 0.2) is 46.1 Å². The van der Waals surface area contributed by atoms with Crippen LogP contribution in [0, 0.1) is 36.5 Å². The molecular formula is C52H78N6O11. The first-order chi connectivity index (χ1) is 32.7. The summed E-state index contributed by atoms with van der Waals surface area (Å²) in [6.45, 7) is 20.8. The number of piperidine rings is 1. The number of hydrogen-bond donors (Lipinski definition) is 6. The fourth-order valence-electron chi connectivity index (χ4n) is 9.66. The largest absolute Gasteiger partial charge is 0.507 e. The quantitative estimate of drug-likeness (QED) is 0.0212. The Bertz CT molecular complexity index is 2370. The Balaban J connectivity index is 1.35. The molecule has 6 N–H and O–H groups in total. The van der Waals surface area contributed by atoms with Crippen LogP contribution in [0.25, 0.3) is 10.8 Å². The summed E-state index contributed by atoms with van der Waals surface area (Å²) >= 11 is 0. The van der Waals surface area contributed by atoms with Gasteiger partial charge in [-0.25, -0.2) is 0 Å². The lowest BCUT2D eigenvalue weighted by atomic mass is 9.78. The minimum Gasteiger partial charge on any atom is -0.507 e. The van der Waals surface area contributed by atoms with Crippen molar-refractivity contribution in [2.24, 2.45) is 39.6 Å². The minimum absolute atomic E-state index is 0.00511. The number of amides is 1. The molecule has 3 heterocycles. The number of fused-ring (bicyclic) bond motifs is 5. The van der Waals surface area contributed by atoms with E-state index < -0.39 is 71.4 Å². The van der Waals surface area contributed by atoms with Gasteiger partial charge in [0.05, 0.1) is 54.0 Å². The van der Waals surface area contributed by atoms with E-state index in [1.807, 2.05) is 27.9 Å². The maximum Gasteiger partial charge on any atom is 0.320 e. The number of aromatic hydroxyl groups is 2. The number of likely N-dealkylation sites (tertiary alicyclic amines) is 1. The molecule has 3 aliphatic heterocycles. The smallest absolute Gasteiger partial charge is 0.320 e. The molecule has 1 fully saturated rings. The van der Waals surface area contributed by atoms with Gasteiger partial charge in [0.1, 0.15) is 28.6 Å². The summed E-state index contributed by atoms with van der Waals surface area (Å²) in [4.78, 5) is 55.1. The van der Waals surface area contributed by atoms with Crippen LogP contribution in [-0.4, -0.2) is 152 Å². The Morgan fingerprint density at radius 2 is 1.64 bits per heavy atom. The van der Waals surface area contributed by atoms with E-state index in [9.17, 15) is 34.8 Å². The van der Waals surface area contributed by atoms with Gasteiger partial charge in [-0.05, 0) is 66.4 Å². The molecule has 2 aromatic rings. The van der Waals surface area contributed by atoms with Gasteiger partial charge in [0.15, 0.2) is 18.0 Å². The molecule has 3 aliphatic rings. The number of anilines is 1. The van der Waals surface area contributed by atoms with Crippen molar-refractivity contribution < 1.29 is 53.8 Å². The third kappa shape index (κ3) is 12.9. The molecule has 1 saturated heterocycles. The maximum absolute atomic E-state index is 14.0. The van der Waals surface area contributed by atoms with Crippen LogP contribution < -0.4 is 26.1 Å². The van der Waals surface area contributed by atoms with Crippen LogP contribution >= 0.6 is 0 Å². The molecule has 17 heteroatoms. The molecule has 17 nitrogen and oxygen atoms in total. The van der Waals surface area contributed by atoms with E-state index in [1.54, 1.807) is 72.3 Å². The second-order valence-corrected chi connectivity index (χ2v) is 19.8. The van der Waals surface area contributed by atoms with Gasteiger partial charge in [-0.3, -0.25) is 24.4 Å². The molecule has 0 aromatic heterocycles. The Hall–Kier alpha value is -4.91. The van der Waals surface area contributed by atoms with E-state index in [0.717, 1.165) is 32.6 Å². The fourth-order valence-corrected chi connectivity index (χ4v) is 9.66. The number of carbonyl (C=O) groups is 3. The van der Waals surface area contributed by atoms with E-state index in [-0.39, 0.29) is 69.0 Å². The van der Waals surface area contributed by atoms with Gasteiger partial charge in [-0.1, -0.05) is 59.8 Å². The highest BCUT2D eigenvalue weighted by Gasteiger charge is 2.41. The lowest BCUT2D eigenvalue weighted by molar-refractivity contribution is -0.162. The summed E-state index contributed by atoms with van der Waals surface area (Å²) in [7, 11) is 5.53. The second kappa shape index (κ2) is 24.3. The lowest BCUT2D eigenvalue weighted by Gasteiger charge is -2.38. The van der Waals surface area contributed by atoms with Crippen molar-refractivity contribution in [1.82, 2.24) is 15.1 Å². The number of phenolic OH excluding ortho intramolecular Hbond substituents is 2. The molecule has 1 spiro atoms. The predicted molar refractivity (Wildman–Crippen MR) is 265 cm³/mol. The number of hydrogen-bond acceptors (Lipinski definition) is 16. The number of aliphatic hydroxyl groups excluding tert-OH is 2. The Kier molecular flexibility index (Phi) is 19.4. The number of rotatable bonds is 24. The molecular weight excluding hydrogens is 885 g/mol. The Morgan fingerprint density at radius 1 is 0.957 bits per heavy atom. The molecule has 2 aromatic carbocycles. The highest BCUT2D eigenvalue weighted by molar-refractivity contribution is 6.17. The van der Waals surface area contributed by atoms with Crippen molar-refractivity contribution >= 4 is 34.1 Å². The standard InChI is InChI=1S/C52H78N6O11/c1-13-67-25-18-37(66-12)32(6)49(69-38(60)26-53-21-15-22-57(10)11)34(8)46(62)33(7)45(61)30(4)16-14-17-31(5)51(65)54-44-43-42(55-52(56-43)19-23-58(24-20-52)27-29(2)3)40-39-36(59)28-68-50(39)35(9)47(63)41(40)48(44)64/h14,16-18,25,29-30,32-34,37,45-46,49,53,61-64H,13,15,19-24,26-28H2,1-12H3,(H,54,65)/b16-14+,25-18+,31-17-/t30-,32+,33+,34+,37-,45-,46+,49+/m0/s1. The summed E-state index contributed by atoms with van der Waals surface area (Å²) in [6.07, 6.45) is 6.83. The molecule has 382 valence electrons. The van der Waals surface area contributed by atoms with Gasteiger partial charge in [0.25, 0.3) is 5.91 Å². The number of Topliss-reactive ketones (excluding diaryl/α,β-unsaturated/α-hetero) is 1. The summed E-state index contributed by atoms with van der Waals surface area (Å²) in [5, 5.41) is 53.6. The molecule has 69 heavy (non-hydrogen) atoms. The highest BCUT2D eigenvalue weighted by Crippen LogP contribution is 2.46. The summed E-state index contributed by atoms with van der Waals surface area (Å²) in [5.74, 6) is -3.53. The Labute approximate surface area is 407 Å². The van der Waals surface area contributed by atoms with E-state index in [1.165, 1.54) is 0 Å². The van der Waals surface area contributed by atoms with Gasteiger partial charge in [-0.2, -0.15) is 0 Å². The van der Waals surface area contributed by atoms with Crippen LogP contribution in [0.4, 0.5) is 5.69 Å². The first-order valence-electron chi connectivity index (χ1n) is 24.5. The SMILES string of the molecule is CCO/C=C/[C@H](OC)[C@@H](C)[C@@H](OC(=O)CNCCCN(C)C)[C@H](C)[C@H](O)[C@H](C)[C@@H](O)[C@@H](C)/C=C/C=C(/C)C(=O)Nc1c(O)c2c(O)c(C)c3c(c2c2c1=NC1(CCN(CC(C)C)CC1)N=2)C(=O)CO3. The molecule has 0 bridgehead atoms. The van der Waals surface area contributed by atoms with E-state index in [0.29, 0.717) is 37.3 Å². The molecule has 0 radical (unpaired) electrons. The minimum atomic E-state index is -1.10. The highest BCUT2D eigenvalue weighted by atomic mass is 16.5. The predicted octanol–water partition coefficient (Wildman–Crippen LogP) is 4.56. The van der Waals surface area contributed by atoms with Crippen molar-refractivity contribution in [2.45, 2.75) is 112 Å². The van der Waals surface area contributed by atoms with Gasteiger partial charge >= 0.3 is 5.97 Å². The number of nitrogens with one attached hydrogen (secondary N) is 2. The number of allylic oxidation sites excluding steroid dienone is 2. The van der Waals surface area contributed by atoms with Crippen molar-refractivity contribution in [3.05, 3.63) is 58.0 Å². The van der Waals surface area contributed by atoms with Gasteiger partial charge < -0.3 is 59.8 Å². The van der Waals surface area contributed by atoms with E-state index in [2.05, 4.69) is 34.3 Å². The average molecular weight is 963 g/mol. The zero-order valence-corrected chi connectivity index (χ0v) is 42.8. The van der Waals surface area contributed by atoms with Gasteiger partial charge in [-0.15, -0.1) is 0 Å². The van der Waals surface area contributed by atoms with Crippen molar-refractivity contribution in [2.75, 3.05) is 79.0 Å². The summed E-state index contributed by atoms with van der Waals surface area (Å²) < 4.78 is 22.9. The first-order valence-corrected chi connectivity index (χ1v) is 24.5. The Morgan fingerprint density at radius 3 is 2.28 bits per heavy atom. The fraction of sp³-hybridized carbons (Fsp3) is 0.635. The third-order valence-corrected chi connectivity index (χ3v) is 13.7. The summed E-state index contributed by atoms with van der Waals surface area (Å²) in [5.41, 5.74) is -0.148. The van der Waals surface area contributed by atoms with Crippen LogP contribution in [-0.2, 0) is 23.8 Å². The van der Waals surface area contributed by atoms with Crippen LogP contribution in [0.5, 0.6) is 17.2 Å². The number of methoxy groups -OCH3 is 1. The third-order valence-electron chi connectivity index (χ3n) is 13.7. The zero-order chi connectivity index (χ0) is 50.9. The lowest BCUT2D eigenvalue weighted by Crippen LogP contribution is -2.47. The van der Waals surface area contributed by atoms with Crippen molar-refractivity contribution in [3.8, 4) is 17.2 Å². The zero-order valence-electron chi connectivity index (χ0n) is 42.8. The maximum atomic E-state index is 14.0. The number of nitrogens with zero attached hydrogens (tertiary/aromatic N) is 4. The molecule has 0 saturated carbocycles. The summed E-state index contributed by atoms with van der Waals surface area (Å²) in [6, 6.07) is 0. The molecule has 5 rings (SSSR count). The van der Waals surface area contributed by atoms with Gasteiger partial charge in [0.2, 0.25) is 5.78 Å². The molecule has 0 unspecified atom stereocenters. The van der Waals surface area contributed by atoms with Gasteiger partial charge in [0, 0.05) is 79.8 Å². The number of esters is 1. The van der Waals surface area contributed by atoms with E-state index >= 15 is 0 Å². The number of benzene rings is 2. The number of ether oxygens (including phenoxy) is 4. The molecule has 0 aliphatic carbocycles. The second-order valence-electron chi connectivity index (χ2n) is 19.8. The molecule has 1 amide bonds. The first kappa shape index (κ1) is 55.0. The topological polar surface area (TPSA) is 224 Å². The number of ketones is 1. The van der Waals surface area contributed by atoms with Crippen LogP contribution in [0.3, 0.4) is 0 Å². The monoisotopic (exact) mass is 963 g/mol.